The highest BCUT2D eigenvalue weighted by atomic mass is 32.2. The molecule has 0 amide bonds. The molecule has 0 radical (unpaired) electrons. The van der Waals surface area contributed by atoms with Crippen molar-refractivity contribution in [2.75, 3.05) is 0 Å². The fourth-order valence-electron chi connectivity index (χ4n) is 1.58. The van der Waals surface area contributed by atoms with Crippen LogP contribution in [0.1, 0.15) is 18.5 Å². The van der Waals surface area contributed by atoms with Crippen LogP contribution < -0.4 is 5.73 Å². The quantitative estimate of drug-likeness (QED) is 0.887. The van der Waals surface area contributed by atoms with Gasteiger partial charge in [-0.3, -0.25) is 0 Å². The number of hydrogen-bond donors (Lipinski definition) is 1. The Morgan fingerprint density at radius 2 is 1.82 bits per heavy atom. The average Bonchev–Trinajstić information content (AvgIpc) is 2.32. The van der Waals surface area contributed by atoms with E-state index in [0.717, 1.165) is 15.4 Å². The maximum Gasteiger partial charge on any atom is 0.123 e. The summed E-state index contributed by atoms with van der Waals surface area (Å²) in [7, 11) is 0. The van der Waals surface area contributed by atoms with E-state index in [2.05, 4.69) is 0 Å². The minimum absolute atomic E-state index is 0.170. The number of rotatable bonds is 3. The molecule has 0 heterocycles. The summed E-state index contributed by atoms with van der Waals surface area (Å²) in [6, 6.07) is 14.6. The Morgan fingerprint density at radius 3 is 2.47 bits per heavy atom. The first kappa shape index (κ1) is 12.1. The molecule has 0 aliphatic carbocycles. The van der Waals surface area contributed by atoms with Gasteiger partial charge in [-0.05, 0) is 42.8 Å². The molecule has 0 spiro atoms. The molecule has 2 aromatic carbocycles. The maximum atomic E-state index is 13.2. The molecular weight excluding hydrogens is 233 g/mol. The summed E-state index contributed by atoms with van der Waals surface area (Å²) in [4.78, 5) is 2.13. The van der Waals surface area contributed by atoms with Crippen molar-refractivity contribution >= 4 is 11.8 Å². The zero-order valence-electron chi connectivity index (χ0n) is 9.56. The lowest BCUT2D eigenvalue weighted by Crippen LogP contribution is -2.06. The van der Waals surface area contributed by atoms with Crippen LogP contribution in [-0.2, 0) is 0 Å². The zero-order chi connectivity index (χ0) is 12.3. The van der Waals surface area contributed by atoms with Gasteiger partial charge in [0.1, 0.15) is 5.82 Å². The first-order chi connectivity index (χ1) is 8.16. The molecule has 0 aromatic heterocycles. The normalized spacial score (nSPS) is 12.4. The van der Waals surface area contributed by atoms with Gasteiger partial charge in [0.05, 0.1) is 0 Å². The van der Waals surface area contributed by atoms with E-state index in [0.29, 0.717) is 0 Å². The molecule has 2 rings (SSSR count). The molecule has 0 aliphatic rings. The van der Waals surface area contributed by atoms with Crippen LogP contribution in [0.5, 0.6) is 0 Å². The van der Waals surface area contributed by atoms with Gasteiger partial charge < -0.3 is 5.73 Å². The van der Waals surface area contributed by atoms with E-state index in [4.69, 9.17) is 5.73 Å². The molecule has 2 aromatic rings. The van der Waals surface area contributed by atoms with Crippen molar-refractivity contribution in [3.63, 3.8) is 0 Å². The Balaban J connectivity index is 2.33. The average molecular weight is 247 g/mol. The van der Waals surface area contributed by atoms with Gasteiger partial charge in [-0.15, -0.1) is 0 Å². The van der Waals surface area contributed by atoms with Gasteiger partial charge in [0.25, 0.3) is 0 Å². The second kappa shape index (κ2) is 5.34. The Morgan fingerprint density at radius 1 is 1.12 bits per heavy atom. The molecule has 0 saturated carbocycles. The SMILES string of the molecule is CC(N)c1cc(F)ccc1Sc1ccccc1. The summed E-state index contributed by atoms with van der Waals surface area (Å²) < 4.78 is 13.2. The molecule has 0 saturated heterocycles. The lowest BCUT2D eigenvalue weighted by Gasteiger charge is -2.12. The van der Waals surface area contributed by atoms with Crippen LogP contribution in [0.25, 0.3) is 0 Å². The van der Waals surface area contributed by atoms with Gasteiger partial charge in [-0.1, -0.05) is 30.0 Å². The second-order valence-corrected chi connectivity index (χ2v) is 5.00. The van der Waals surface area contributed by atoms with Crippen LogP contribution in [0, 0.1) is 5.82 Å². The Bertz CT molecular complexity index is 497. The van der Waals surface area contributed by atoms with Gasteiger partial charge in [0.15, 0.2) is 0 Å². The van der Waals surface area contributed by atoms with E-state index < -0.39 is 0 Å². The predicted octanol–water partition coefficient (Wildman–Crippen LogP) is 4.00. The van der Waals surface area contributed by atoms with Gasteiger partial charge in [-0.2, -0.15) is 0 Å². The summed E-state index contributed by atoms with van der Waals surface area (Å²) >= 11 is 1.60. The number of halogens is 1. The van der Waals surface area contributed by atoms with E-state index in [1.807, 2.05) is 37.3 Å². The summed E-state index contributed by atoms with van der Waals surface area (Å²) in [6.07, 6.45) is 0. The van der Waals surface area contributed by atoms with Gasteiger partial charge in [-0.25, -0.2) is 4.39 Å². The molecule has 1 nitrogen and oxygen atoms in total. The highest BCUT2D eigenvalue weighted by molar-refractivity contribution is 7.99. The topological polar surface area (TPSA) is 26.0 Å². The van der Waals surface area contributed by atoms with Crippen molar-refractivity contribution in [3.05, 3.63) is 59.9 Å². The first-order valence-corrected chi connectivity index (χ1v) is 6.26. The third-order valence-electron chi connectivity index (χ3n) is 2.43. The molecule has 3 heteroatoms. The zero-order valence-corrected chi connectivity index (χ0v) is 10.4. The monoisotopic (exact) mass is 247 g/mol. The van der Waals surface area contributed by atoms with Crippen molar-refractivity contribution in [1.29, 1.82) is 0 Å². The Kier molecular flexibility index (Phi) is 3.82. The fourth-order valence-corrected chi connectivity index (χ4v) is 2.63. The van der Waals surface area contributed by atoms with E-state index in [9.17, 15) is 4.39 Å². The van der Waals surface area contributed by atoms with E-state index in [1.54, 1.807) is 17.8 Å². The third-order valence-corrected chi connectivity index (χ3v) is 3.53. The lowest BCUT2D eigenvalue weighted by molar-refractivity contribution is 0.619. The standard InChI is InChI=1S/C14H14FNS/c1-10(16)13-9-11(15)7-8-14(13)17-12-5-3-2-4-6-12/h2-10H,16H2,1H3. The van der Waals surface area contributed by atoms with Crippen LogP contribution >= 0.6 is 11.8 Å². The van der Waals surface area contributed by atoms with Crippen LogP contribution in [0.2, 0.25) is 0 Å². The van der Waals surface area contributed by atoms with Crippen molar-refractivity contribution in [1.82, 2.24) is 0 Å². The molecule has 17 heavy (non-hydrogen) atoms. The Hall–Kier alpha value is -1.32. The molecule has 1 atom stereocenters. The van der Waals surface area contributed by atoms with E-state index in [1.165, 1.54) is 12.1 Å². The van der Waals surface area contributed by atoms with Crippen LogP contribution in [0.3, 0.4) is 0 Å². The van der Waals surface area contributed by atoms with Crippen molar-refractivity contribution < 1.29 is 4.39 Å². The molecule has 2 N–H and O–H groups in total. The minimum Gasteiger partial charge on any atom is -0.324 e. The number of hydrogen-bond acceptors (Lipinski definition) is 2. The molecule has 0 aliphatic heterocycles. The first-order valence-electron chi connectivity index (χ1n) is 5.45. The minimum atomic E-state index is -0.241. The van der Waals surface area contributed by atoms with Crippen molar-refractivity contribution in [2.24, 2.45) is 5.73 Å². The fraction of sp³-hybridized carbons (Fsp3) is 0.143. The van der Waals surface area contributed by atoms with E-state index in [-0.39, 0.29) is 11.9 Å². The summed E-state index contributed by atoms with van der Waals surface area (Å²) in [6.45, 7) is 1.86. The molecule has 88 valence electrons. The predicted molar refractivity (Wildman–Crippen MR) is 69.6 cm³/mol. The highest BCUT2D eigenvalue weighted by Crippen LogP contribution is 2.32. The number of nitrogens with two attached hydrogens (primary N) is 1. The van der Waals surface area contributed by atoms with Crippen molar-refractivity contribution in [2.45, 2.75) is 22.8 Å². The summed E-state index contributed by atoms with van der Waals surface area (Å²) in [5, 5.41) is 0. The summed E-state index contributed by atoms with van der Waals surface area (Å²) in [5.41, 5.74) is 6.70. The lowest BCUT2D eigenvalue weighted by atomic mass is 10.1. The molecular formula is C14H14FNS. The second-order valence-electron chi connectivity index (χ2n) is 3.89. The van der Waals surface area contributed by atoms with Gasteiger partial charge in [0.2, 0.25) is 0 Å². The third kappa shape index (κ3) is 3.08. The molecule has 1 unspecified atom stereocenters. The highest BCUT2D eigenvalue weighted by Gasteiger charge is 2.09. The Labute approximate surface area is 105 Å². The summed E-state index contributed by atoms with van der Waals surface area (Å²) in [5.74, 6) is -0.241. The van der Waals surface area contributed by atoms with Crippen molar-refractivity contribution in [3.8, 4) is 0 Å². The maximum absolute atomic E-state index is 13.2. The largest absolute Gasteiger partial charge is 0.324 e. The van der Waals surface area contributed by atoms with Crippen LogP contribution in [0.4, 0.5) is 4.39 Å². The number of benzene rings is 2. The molecule has 0 bridgehead atoms. The van der Waals surface area contributed by atoms with Crippen LogP contribution in [0.15, 0.2) is 58.3 Å². The van der Waals surface area contributed by atoms with Gasteiger partial charge >= 0.3 is 0 Å². The molecule has 0 fully saturated rings. The van der Waals surface area contributed by atoms with Gasteiger partial charge in [0, 0.05) is 15.8 Å². The van der Waals surface area contributed by atoms with E-state index >= 15 is 0 Å². The van der Waals surface area contributed by atoms with Crippen LogP contribution in [-0.4, -0.2) is 0 Å². The smallest absolute Gasteiger partial charge is 0.123 e.